The highest BCUT2D eigenvalue weighted by molar-refractivity contribution is 5.77. The average Bonchev–Trinajstić information content (AvgIpc) is 2.68. The van der Waals surface area contributed by atoms with Gasteiger partial charge in [0, 0.05) is 44.8 Å². The molecule has 1 amide bonds. The van der Waals surface area contributed by atoms with Crippen LogP contribution in [0.1, 0.15) is 31.2 Å². The normalized spacial score (nSPS) is 14.8. The molecule has 2 rings (SSSR count). The molecule has 1 aromatic rings. The number of benzene rings is 1. The van der Waals surface area contributed by atoms with E-state index in [0.717, 1.165) is 12.1 Å². The number of ether oxygens (including phenoxy) is 1. The van der Waals surface area contributed by atoms with Crippen LogP contribution in [0.3, 0.4) is 0 Å². The SMILES string of the molecule is N#CCCN(C(=O)CCNc1ccc(C(F)(F)F)cc1[N+](=O)[O-])C1CCOCC1. The van der Waals surface area contributed by atoms with Gasteiger partial charge in [-0.15, -0.1) is 0 Å². The second kappa shape index (κ2) is 10.1. The smallest absolute Gasteiger partial charge is 0.381 e. The number of nitro benzene ring substituents is 1. The number of carbonyl (C=O) groups excluding carboxylic acids is 1. The second-order valence-corrected chi connectivity index (χ2v) is 6.50. The quantitative estimate of drug-likeness (QED) is 0.516. The van der Waals surface area contributed by atoms with Crippen LogP contribution in [0.5, 0.6) is 0 Å². The molecule has 1 saturated heterocycles. The second-order valence-electron chi connectivity index (χ2n) is 6.50. The minimum Gasteiger partial charge on any atom is -0.381 e. The van der Waals surface area contributed by atoms with Crippen molar-refractivity contribution in [2.45, 2.75) is 37.9 Å². The van der Waals surface area contributed by atoms with Gasteiger partial charge in [0.2, 0.25) is 5.91 Å². The van der Waals surface area contributed by atoms with E-state index >= 15 is 0 Å². The maximum atomic E-state index is 12.8. The van der Waals surface area contributed by atoms with E-state index in [1.54, 1.807) is 4.90 Å². The van der Waals surface area contributed by atoms with Crippen LogP contribution < -0.4 is 5.32 Å². The van der Waals surface area contributed by atoms with Gasteiger partial charge in [0.05, 0.1) is 23.0 Å². The first-order valence-corrected chi connectivity index (χ1v) is 9.07. The predicted octanol–water partition coefficient (Wildman–Crippen LogP) is 3.34. The van der Waals surface area contributed by atoms with E-state index in [2.05, 4.69) is 5.32 Å². The number of hydrogen-bond acceptors (Lipinski definition) is 6. The largest absolute Gasteiger partial charge is 0.416 e. The fourth-order valence-electron chi connectivity index (χ4n) is 3.13. The average molecular weight is 414 g/mol. The molecule has 158 valence electrons. The Hall–Kier alpha value is -2.87. The van der Waals surface area contributed by atoms with Gasteiger partial charge in [-0.25, -0.2) is 0 Å². The van der Waals surface area contributed by atoms with Crippen molar-refractivity contribution in [3.05, 3.63) is 33.9 Å². The van der Waals surface area contributed by atoms with Crippen LogP contribution in [-0.2, 0) is 15.7 Å². The number of carbonyl (C=O) groups is 1. The number of anilines is 1. The molecule has 0 aliphatic carbocycles. The highest BCUT2D eigenvalue weighted by Crippen LogP contribution is 2.34. The van der Waals surface area contributed by atoms with E-state index in [4.69, 9.17) is 10.00 Å². The first-order chi connectivity index (χ1) is 13.7. The summed E-state index contributed by atoms with van der Waals surface area (Å²) in [4.78, 5) is 24.4. The standard InChI is InChI=1S/C18H21F3N4O4/c19-18(20,21)13-2-3-15(16(12-13)25(27)28)23-8-4-17(26)24(9-1-7-22)14-5-10-29-11-6-14/h2-3,12,14,23H,1,4-6,8-11H2. The number of rotatable bonds is 8. The van der Waals surface area contributed by atoms with Crippen molar-refractivity contribution >= 4 is 17.3 Å². The lowest BCUT2D eigenvalue weighted by atomic mass is 10.1. The van der Waals surface area contributed by atoms with Crippen molar-refractivity contribution in [2.24, 2.45) is 0 Å². The van der Waals surface area contributed by atoms with Gasteiger partial charge in [-0.1, -0.05) is 0 Å². The lowest BCUT2D eigenvalue weighted by molar-refractivity contribution is -0.384. The zero-order valence-corrected chi connectivity index (χ0v) is 15.6. The molecule has 1 aliphatic heterocycles. The van der Waals surface area contributed by atoms with Crippen molar-refractivity contribution in [3.63, 3.8) is 0 Å². The monoisotopic (exact) mass is 414 g/mol. The van der Waals surface area contributed by atoms with E-state index in [0.29, 0.717) is 32.1 Å². The number of nitrogens with one attached hydrogen (secondary N) is 1. The van der Waals surface area contributed by atoms with Crippen molar-refractivity contribution < 1.29 is 27.6 Å². The maximum Gasteiger partial charge on any atom is 0.416 e. The maximum absolute atomic E-state index is 12.8. The summed E-state index contributed by atoms with van der Waals surface area (Å²) in [5, 5.41) is 22.6. The van der Waals surface area contributed by atoms with E-state index in [1.165, 1.54) is 0 Å². The fourth-order valence-corrected chi connectivity index (χ4v) is 3.13. The summed E-state index contributed by atoms with van der Waals surface area (Å²) in [5.74, 6) is -0.228. The zero-order chi connectivity index (χ0) is 21.4. The summed E-state index contributed by atoms with van der Waals surface area (Å²) >= 11 is 0. The molecule has 0 radical (unpaired) electrons. The minimum absolute atomic E-state index is 0.0112. The van der Waals surface area contributed by atoms with Crippen LogP contribution in [0.2, 0.25) is 0 Å². The van der Waals surface area contributed by atoms with Crippen molar-refractivity contribution in [2.75, 3.05) is 31.6 Å². The Morgan fingerprint density at radius 3 is 2.66 bits per heavy atom. The fraction of sp³-hybridized carbons (Fsp3) is 0.556. The lowest BCUT2D eigenvalue weighted by Crippen LogP contribution is -2.44. The Morgan fingerprint density at radius 2 is 2.07 bits per heavy atom. The molecule has 11 heteroatoms. The van der Waals surface area contributed by atoms with Crippen molar-refractivity contribution in [1.29, 1.82) is 5.26 Å². The number of hydrogen-bond donors (Lipinski definition) is 1. The summed E-state index contributed by atoms with van der Waals surface area (Å²) < 4.78 is 43.6. The van der Waals surface area contributed by atoms with Gasteiger partial charge in [0.25, 0.3) is 5.69 Å². The van der Waals surface area contributed by atoms with Gasteiger partial charge in [-0.3, -0.25) is 14.9 Å². The molecule has 0 atom stereocenters. The molecule has 1 N–H and O–H groups in total. The number of nitriles is 1. The van der Waals surface area contributed by atoms with Gasteiger partial charge in [-0.05, 0) is 25.0 Å². The number of nitro groups is 1. The van der Waals surface area contributed by atoms with Crippen molar-refractivity contribution in [1.82, 2.24) is 4.90 Å². The zero-order valence-electron chi connectivity index (χ0n) is 15.6. The van der Waals surface area contributed by atoms with Crippen LogP contribution in [-0.4, -0.2) is 48.1 Å². The summed E-state index contributed by atoms with van der Waals surface area (Å²) in [5.41, 5.74) is -1.92. The van der Waals surface area contributed by atoms with Crippen LogP contribution in [0, 0.1) is 21.4 Å². The molecule has 0 aromatic heterocycles. The van der Waals surface area contributed by atoms with Gasteiger partial charge >= 0.3 is 6.18 Å². The van der Waals surface area contributed by atoms with Crippen LogP contribution in [0.15, 0.2) is 18.2 Å². The third-order valence-electron chi connectivity index (χ3n) is 4.59. The van der Waals surface area contributed by atoms with E-state index in [-0.39, 0.29) is 43.6 Å². The number of amides is 1. The van der Waals surface area contributed by atoms with Crippen LogP contribution >= 0.6 is 0 Å². The number of halogens is 3. The van der Waals surface area contributed by atoms with Gasteiger partial charge in [0.15, 0.2) is 0 Å². The molecular weight excluding hydrogens is 393 g/mol. The molecule has 1 aliphatic rings. The topological polar surface area (TPSA) is 109 Å². The van der Waals surface area contributed by atoms with Crippen LogP contribution in [0.25, 0.3) is 0 Å². The summed E-state index contributed by atoms with van der Waals surface area (Å²) in [6.45, 7) is 1.34. The van der Waals surface area contributed by atoms with E-state index < -0.39 is 22.4 Å². The predicted molar refractivity (Wildman–Crippen MR) is 97.0 cm³/mol. The Labute approximate surface area is 165 Å². The molecule has 1 aromatic carbocycles. The molecule has 1 heterocycles. The number of alkyl halides is 3. The summed E-state index contributed by atoms with van der Waals surface area (Å²) in [7, 11) is 0. The third-order valence-corrected chi connectivity index (χ3v) is 4.59. The first kappa shape index (κ1) is 22.4. The lowest BCUT2D eigenvalue weighted by Gasteiger charge is -2.34. The summed E-state index contributed by atoms with van der Waals surface area (Å²) in [6, 6.07) is 4.16. The Balaban J connectivity index is 2.02. The molecule has 0 bridgehead atoms. The summed E-state index contributed by atoms with van der Waals surface area (Å²) in [6.07, 6.45) is -3.20. The van der Waals surface area contributed by atoms with Gasteiger partial charge in [0.1, 0.15) is 5.69 Å². The Kier molecular flexibility index (Phi) is 7.78. The van der Waals surface area contributed by atoms with E-state index in [1.807, 2.05) is 6.07 Å². The van der Waals surface area contributed by atoms with Gasteiger partial charge < -0.3 is 15.0 Å². The molecule has 8 nitrogen and oxygen atoms in total. The Bertz CT molecular complexity index is 773. The molecule has 0 saturated carbocycles. The molecule has 0 unspecified atom stereocenters. The van der Waals surface area contributed by atoms with E-state index in [9.17, 15) is 28.1 Å². The first-order valence-electron chi connectivity index (χ1n) is 9.07. The minimum atomic E-state index is -4.69. The third kappa shape index (κ3) is 6.32. The van der Waals surface area contributed by atoms with Crippen molar-refractivity contribution in [3.8, 4) is 6.07 Å². The molecule has 1 fully saturated rings. The highest BCUT2D eigenvalue weighted by atomic mass is 19.4. The molecular formula is C18H21F3N4O4. The highest BCUT2D eigenvalue weighted by Gasteiger charge is 2.33. The Morgan fingerprint density at radius 1 is 1.38 bits per heavy atom. The number of nitrogens with zero attached hydrogens (tertiary/aromatic N) is 3. The molecule has 0 spiro atoms. The van der Waals surface area contributed by atoms with Crippen LogP contribution in [0.4, 0.5) is 24.5 Å². The molecule has 29 heavy (non-hydrogen) atoms. The van der Waals surface area contributed by atoms with Gasteiger partial charge in [-0.2, -0.15) is 18.4 Å².